The monoisotopic (exact) mass is 864 g/mol. The van der Waals surface area contributed by atoms with Crippen molar-refractivity contribution in [1.29, 1.82) is 0 Å². The summed E-state index contributed by atoms with van der Waals surface area (Å²) in [4.78, 5) is 2.35. The van der Waals surface area contributed by atoms with Crippen LogP contribution in [-0.4, -0.2) is 4.57 Å². The molecule has 0 spiro atoms. The van der Waals surface area contributed by atoms with E-state index in [-0.39, 0.29) is 0 Å². The van der Waals surface area contributed by atoms with Crippen LogP contribution >= 0.6 is 0 Å². The molecule has 0 saturated carbocycles. The molecule has 68 heavy (non-hydrogen) atoms. The second kappa shape index (κ2) is 16.5. The summed E-state index contributed by atoms with van der Waals surface area (Å²) in [6.45, 7) is 0. The molecule has 13 aromatic rings. The first-order valence-corrected chi connectivity index (χ1v) is 23.4. The van der Waals surface area contributed by atoms with Gasteiger partial charge in [0.2, 0.25) is 0 Å². The maximum Gasteiger partial charge on any atom is 0.0619 e. The molecule has 13 rings (SSSR count). The highest BCUT2D eigenvalue weighted by atomic mass is 15.1. The minimum atomic E-state index is 1.09. The molecule has 0 radical (unpaired) electrons. The summed E-state index contributed by atoms with van der Waals surface area (Å²) >= 11 is 0. The Morgan fingerprint density at radius 1 is 0.265 bits per heavy atom. The van der Waals surface area contributed by atoms with E-state index in [4.69, 9.17) is 0 Å². The van der Waals surface area contributed by atoms with E-state index in [0.717, 1.165) is 33.9 Å². The van der Waals surface area contributed by atoms with Crippen LogP contribution in [0.15, 0.2) is 267 Å². The van der Waals surface area contributed by atoms with Crippen molar-refractivity contribution in [3.8, 4) is 61.5 Å². The van der Waals surface area contributed by atoms with Gasteiger partial charge in [-0.15, -0.1) is 0 Å². The zero-order valence-corrected chi connectivity index (χ0v) is 37.3. The van der Waals surface area contributed by atoms with Crippen molar-refractivity contribution < 1.29 is 0 Å². The van der Waals surface area contributed by atoms with Gasteiger partial charge in [-0.25, -0.2) is 0 Å². The Morgan fingerprint density at radius 3 is 1.15 bits per heavy atom. The van der Waals surface area contributed by atoms with Crippen LogP contribution in [0, 0.1) is 0 Å². The molecule has 1 heterocycles. The van der Waals surface area contributed by atoms with Crippen LogP contribution < -0.4 is 4.90 Å². The fourth-order valence-electron chi connectivity index (χ4n) is 10.5. The lowest BCUT2D eigenvalue weighted by Crippen LogP contribution is -2.09. The van der Waals surface area contributed by atoms with Crippen molar-refractivity contribution in [3.05, 3.63) is 267 Å². The Bertz CT molecular complexity index is 3780. The first-order chi connectivity index (χ1) is 33.7. The molecule has 0 aliphatic rings. The van der Waals surface area contributed by atoms with E-state index in [1.165, 1.54) is 87.9 Å². The van der Waals surface area contributed by atoms with Gasteiger partial charge < -0.3 is 9.47 Å². The molecular weight excluding hydrogens is 821 g/mol. The zero-order chi connectivity index (χ0) is 45.0. The molecule has 0 amide bonds. The standard InChI is InChI=1S/C66H44N2/c1-5-14-45(15-6-1)47-26-35-56(36-27-47)67(57-37-28-48(29-38-57)46-16-7-2-8-17-46)58-39-30-49(31-40-58)50-32-41-59(42-33-50)68-61-44-55-25-24-52-22-13-23-53-34-43-60(63(55)62(52)53)65(61)64(51-18-9-3-10-19-51)66(68)54-20-11-4-12-21-54/h1-44H. The Kier molecular flexibility index (Phi) is 9.54. The molecule has 1 aromatic heterocycles. The summed E-state index contributed by atoms with van der Waals surface area (Å²) in [7, 11) is 0. The maximum absolute atomic E-state index is 2.50. The molecular formula is C66H44N2. The van der Waals surface area contributed by atoms with Crippen molar-refractivity contribution in [1.82, 2.24) is 4.57 Å². The van der Waals surface area contributed by atoms with Gasteiger partial charge in [-0.05, 0) is 131 Å². The molecule has 0 bridgehead atoms. The van der Waals surface area contributed by atoms with Crippen LogP contribution in [-0.2, 0) is 0 Å². The molecule has 0 N–H and O–H groups in total. The molecule has 0 aliphatic heterocycles. The third kappa shape index (κ3) is 6.73. The smallest absolute Gasteiger partial charge is 0.0619 e. The van der Waals surface area contributed by atoms with Crippen molar-refractivity contribution in [2.45, 2.75) is 0 Å². The molecule has 0 atom stereocenters. The highest BCUT2D eigenvalue weighted by Crippen LogP contribution is 2.49. The van der Waals surface area contributed by atoms with Gasteiger partial charge in [0.05, 0.1) is 11.2 Å². The predicted molar refractivity (Wildman–Crippen MR) is 289 cm³/mol. The van der Waals surface area contributed by atoms with Gasteiger partial charge in [0.1, 0.15) is 0 Å². The second-order valence-electron chi connectivity index (χ2n) is 17.7. The van der Waals surface area contributed by atoms with Gasteiger partial charge in [0.25, 0.3) is 0 Å². The molecule has 12 aromatic carbocycles. The van der Waals surface area contributed by atoms with Crippen LogP contribution in [0.2, 0.25) is 0 Å². The Hall–Kier alpha value is -8.98. The van der Waals surface area contributed by atoms with Crippen molar-refractivity contribution in [2.75, 3.05) is 4.90 Å². The summed E-state index contributed by atoms with van der Waals surface area (Å²) in [5, 5.41) is 9.01. The molecule has 318 valence electrons. The first kappa shape index (κ1) is 39.4. The number of hydrogen-bond acceptors (Lipinski definition) is 1. The van der Waals surface area contributed by atoms with Crippen molar-refractivity contribution >= 4 is 60.3 Å². The number of rotatable bonds is 9. The second-order valence-corrected chi connectivity index (χ2v) is 17.7. The van der Waals surface area contributed by atoms with E-state index in [9.17, 15) is 0 Å². The Morgan fingerprint density at radius 2 is 0.662 bits per heavy atom. The molecule has 2 nitrogen and oxygen atoms in total. The van der Waals surface area contributed by atoms with E-state index in [0.29, 0.717) is 0 Å². The van der Waals surface area contributed by atoms with Gasteiger partial charge in [0, 0.05) is 33.7 Å². The summed E-state index contributed by atoms with van der Waals surface area (Å²) in [6.07, 6.45) is 0. The quantitative estimate of drug-likeness (QED) is 0.131. The highest BCUT2D eigenvalue weighted by Gasteiger charge is 2.25. The van der Waals surface area contributed by atoms with Gasteiger partial charge in [-0.2, -0.15) is 0 Å². The minimum absolute atomic E-state index is 1.09. The summed E-state index contributed by atoms with van der Waals surface area (Å²) in [6, 6.07) is 97.3. The van der Waals surface area contributed by atoms with Gasteiger partial charge in [-0.1, -0.05) is 212 Å². The number of anilines is 3. The third-order valence-electron chi connectivity index (χ3n) is 13.7. The van der Waals surface area contributed by atoms with E-state index in [2.05, 4.69) is 276 Å². The Labute approximate surface area is 396 Å². The van der Waals surface area contributed by atoms with Crippen LogP contribution in [0.4, 0.5) is 17.1 Å². The van der Waals surface area contributed by atoms with E-state index < -0.39 is 0 Å². The number of aromatic nitrogens is 1. The van der Waals surface area contributed by atoms with Gasteiger partial charge in [0.15, 0.2) is 0 Å². The minimum Gasteiger partial charge on any atom is -0.311 e. The zero-order valence-electron chi connectivity index (χ0n) is 37.3. The van der Waals surface area contributed by atoms with Gasteiger partial charge in [-0.3, -0.25) is 0 Å². The van der Waals surface area contributed by atoms with Crippen molar-refractivity contribution in [3.63, 3.8) is 0 Å². The van der Waals surface area contributed by atoms with Crippen LogP contribution in [0.25, 0.3) is 105 Å². The first-order valence-electron chi connectivity index (χ1n) is 23.4. The number of hydrogen-bond donors (Lipinski definition) is 0. The molecule has 0 fully saturated rings. The molecule has 2 heteroatoms. The van der Waals surface area contributed by atoms with E-state index in [1.807, 2.05) is 0 Å². The highest BCUT2D eigenvalue weighted by molar-refractivity contribution is 6.31. The van der Waals surface area contributed by atoms with Crippen molar-refractivity contribution in [2.24, 2.45) is 0 Å². The third-order valence-corrected chi connectivity index (χ3v) is 13.7. The maximum atomic E-state index is 2.50. The van der Waals surface area contributed by atoms with Crippen LogP contribution in [0.5, 0.6) is 0 Å². The van der Waals surface area contributed by atoms with Crippen LogP contribution in [0.1, 0.15) is 0 Å². The van der Waals surface area contributed by atoms with E-state index >= 15 is 0 Å². The molecule has 0 saturated heterocycles. The summed E-state index contributed by atoms with van der Waals surface area (Å²) in [5.74, 6) is 0. The van der Waals surface area contributed by atoms with Gasteiger partial charge >= 0.3 is 0 Å². The topological polar surface area (TPSA) is 8.17 Å². The largest absolute Gasteiger partial charge is 0.311 e. The fraction of sp³-hybridized carbons (Fsp3) is 0. The lowest BCUT2D eigenvalue weighted by atomic mass is 9.90. The lowest BCUT2D eigenvalue weighted by Gasteiger charge is -2.26. The summed E-state index contributed by atoms with van der Waals surface area (Å²) < 4.78 is 2.50. The SMILES string of the molecule is c1ccc(-c2ccc(N(c3ccc(-c4ccccc4)cc3)c3ccc(-c4ccc(-n5c(-c6ccccc6)c(-c6ccccc6)c6c7ccc8cccc9ccc(cc65)c7c98)cc4)cc3)cc2)cc1. The fourth-order valence-corrected chi connectivity index (χ4v) is 10.5. The number of benzene rings is 12. The van der Waals surface area contributed by atoms with Crippen LogP contribution in [0.3, 0.4) is 0 Å². The molecule has 0 aliphatic carbocycles. The average Bonchev–Trinajstić information content (AvgIpc) is 3.77. The van der Waals surface area contributed by atoms with E-state index in [1.54, 1.807) is 0 Å². The lowest BCUT2D eigenvalue weighted by molar-refractivity contribution is 1.14. The molecule has 0 unspecified atom stereocenters. The average molecular weight is 865 g/mol. The predicted octanol–water partition coefficient (Wildman–Crippen LogP) is 18.3. The number of nitrogens with zero attached hydrogens (tertiary/aromatic N) is 2. The Balaban J connectivity index is 0.922. The normalized spacial score (nSPS) is 11.5. The number of fused-ring (bicyclic) bond motifs is 2. The summed E-state index contributed by atoms with van der Waals surface area (Å²) in [5.41, 5.74) is 17.5.